The molecule has 134 heavy (non-hydrogen) atoms. The topological polar surface area (TPSA) is 662 Å². The second-order valence-electron chi connectivity index (χ2n) is 33.4. The molecule has 7 aromatic carbocycles. The van der Waals surface area contributed by atoms with E-state index in [0.29, 0.717) is 12.8 Å². The first-order chi connectivity index (χ1) is 64.0. The Morgan fingerprint density at radius 1 is 0.493 bits per heavy atom. The number of aromatic hydroxyl groups is 4. The van der Waals surface area contributed by atoms with Crippen molar-refractivity contribution in [3.05, 3.63) is 164 Å². The summed E-state index contributed by atoms with van der Waals surface area (Å²) in [7, 11) is 0. The minimum absolute atomic E-state index is 0.135. The third-order valence-electron chi connectivity index (χ3n) is 24.0. The minimum atomic E-state index is -2.59. The molecule has 7 aromatic rings. The number of unbranched alkanes of at least 4 members (excludes halogenated alkanes) is 8. The van der Waals surface area contributed by atoms with Gasteiger partial charge in [0.25, 0.3) is 0 Å². The number of aliphatic carboxylic acids is 1. The Bertz CT molecular complexity index is 5580. The molecular weight excluding hydrogens is 1810 g/mol. The van der Waals surface area contributed by atoms with Crippen LogP contribution in [0.15, 0.2) is 115 Å². The number of nitrogens with one attached hydrogen (secondary N) is 8. The highest BCUT2D eigenvalue weighted by molar-refractivity contribution is 6.32. The summed E-state index contributed by atoms with van der Waals surface area (Å²) in [5.41, 5.74) is 2.66. The Balaban J connectivity index is 1.02. The Hall–Kier alpha value is -12.1. The van der Waals surface area contributed by atoms with Gasteiger partial charge in [-0.2, -0.15) is 0 Å². The number of hydrogen-bond donors (Lipinski definition) is 24. The average molecular weight is 1910 g/mol. The summed E-state index contributed by atoms with van der Waals surface area (Å²) >= 11 is 14.7. The van der Waals surface area contributed by atoms with Gasteiger partial charge in [-0.05, 0) is 107 Å². The fourth-order valence-electron chi connectivity index (χ4n) is 17.0. The maximum Gasteiger partial charge on any atom is 0.330 e. The summed E-state index contributed by atoms with van der Waals surface area (Å²) in [6.07, 6.45) is -21.5. The number of carbonyl (C=O) groups excluding carboxylic acids is 8. The summed E-state index contributed by atoms with van der Waals surface area (Å²) in [5, 5.41) is 191. The highest BCUT2D eigenvalue weighted by Crippen LogP contribution is 2.51. The molecule has 0 radical (unpaired) electrons. The first kappa shape index (κ1) is 98.0. The molecule has 0 saturated carbocycles. The monoisotopic (exact) mass is 1910 g/mol. The van der Waals surface area contributed by atoms with Gasteiger partial charge in [0.15, 0.2) is 35.3 Å². The van der Waals surface area contributed by atoms with Crippen molar-refractivity contribution in [3.8, 4) is 80.1 Å². The van der Waals surface area contributed by atoms with Crippen molar-refractivity contribution in [2.45, 2.75) is 225 Å². The summed E-state index contributed by atoms with van der Waals surface area (Å²) in [6, 6.07) is 0.738. The van der Waals surface area contributed by atoms with Crippen LogP contribution < -0.4 is 72.0 Å². The molecule has 8 amide bonds. The smallest absolute Gasteiger partial charge is 0.330 e. The van der Waals surface area contributed by atoms with E-state index in [-0.39, 0.29) is 28.3 Å². The summed E-state index contributed by atoms with van der Waals surface area (Å²) in [4.78, 5) is 139. The molecule has 25 N–H and O–H groups in total. The number of hydrogen-bond acceptors (Lipinski definition) is 33. The Morgan fingerprint density at radius 2 is 1.05 bits per heavy atom. The summed E-state index contributed by atoms with van der Waals surface area (Å²) < 4.78 is 57.6. The van der Waals surface area contributed by atoms with Crippen LogP contribution in [0.2, 0.25) is 10.0 Å². The van der Waals surface area contributed by atoms with E-state index in [9.17, 15) is 95.8 Å². The number of nitrogens with two attached hydrogens (primary N) is 1. The van der Waals surface area contributed by atoms with Gasteiger partial charge in [0.2, 0.25) is 65.6 Å². The largest absolute Gasteiger partial charge is 0.508 e. The lowest BCUT2D eigenvalue weighted by molar-refractivity contribution is -0.284. The molecule has 3 fully saturated rings. The van der Waals surface area contributed by atoms with Crippen molar-refractivity contribution < 1.29 is 162 Å². The second-order valence-corrected chi connectivity index (χ2v) is 34.2. The first-order valence-corrected chi connectivity index (χ1v) is 43.9. The van der Waals surface area contributed by atoms with Gasteiger partial charge in [0.05, 0.1) is 29.9 Å². The van der Waals surface area contributed by atoms with Gasteiger partial charge < -0.3 is 167 Å². The molecule has 9 aliphatic rings. The molecule has 23 atom stereocenters. The maximum absolute atomic E-state index is 17.0. The van der Waals surface area contributed by atoms with Crippen molar-refractivity contribution in [2.24, 2.45) is 5.73 Å². The van der Waals surface area contributed by atoms with Gasteiger partial charge in [0, 0.05) is 54.2 Å². The Morgan fingerprint density at radius 3 is 1.67 bits per heavy atom. The quantitative estimate of drug-likeness (QED) is 0.0431. The number of phenols is 4. The molecule has 0 aliphatic carbocycles. The third-order valence-corrected chi connectivity index (χ3v) is 24.6. The molecule has 44 heteroatoms. The molecule has 15 bridgehead atoms. The number of amides is 8. The van der Waals surface area contributed by atoms with Crippen molar-refractivity contribution in [1.29, 1.82) is 0 Å². The number of benzene rings is 7. The fourth-order valence-corrected chi connectivity index (χ4v) is 17.4. The van der Waals surface area contributed by atoms with Crippen LogP contribution in [-0.4, -0.2) is 254 Å². The van der Waals surface area contributed by atoms with Crippen molar-refractivity contribution in [3.63, 3.8) is 0 Å². The molecule has 3 saturated heterocycles. The van der Waals surface area contributed by atoms with E-state index in [2.05, 4.69) is 49.5 Å². The Kier molecular flexibility index (Phi) is 30.9. The van der Waals surface area contributed by atoms with Crippen molar-refractivity contribution in [2.75, 3.05) is 19.8 Å². The lowest BCUT2D eigenvalue weighted by atomic mass is 9.89. The van der Waals surface area contributed by atoms with Crippen LogP contribution in [0.5, 0.6) is 69.0 Å². The highest BCUT2D eigenvalue weighted by Gasteiger charge is 2.52. The molecule has 718 valence electrons. The van der Waals surface area contributed by atoms with E-state index < -0.39 is 327 Å². The van der Waals surface area contributed by atoms with Crippen LogP contribution in [0.3, 0.4) is 0 Å². The van der Waals surface area contributed by atoms with E-state index in [0.717, 1.165) is 131 Å². The van der Waals surface area contributed by atoms with Gasteiger partial charge in [-0.1, -0.05) is 112 Å². The third kappa shape index (κ3) is 21.3. The SMILES string of the molecule is CCCCCCCCCCCC(=O)N[C@H]1[C@@H](Oc2c3cc4cc2Oc2ccc(cc2Cl)[C@@H](O[C@@H]2O[C@H](CO)[C@@H](O)[C@H](O)[C@H]2NC(C)=O)C2NC(=O)C(NC(=O)[C@H]4NC(=O)C4NC(=O)[C@@H](Cc5ccc(c(Cl)c5)O3)NC(=O)C(N)c3cccc(O)c3Oc3cc(O)cc4c3)c3ccc(O)c(c3)-c3c(O[C@@H]4O[C@@H](CO)[C@H](O)[C@H](O)[C@@H]4O)cc(O)cc3[C@H](C(=O)O)NC2=O)O[C@H](CO)[C@H](O)[C@H]1O. The lowest BCUT2D eigenvalue weighted by Gasteiger charge is -2.44. The van der Waals surface area contributed by atoms with Crippen LogP contribution in [0.1, 0.15) is 153 Å². The number of para-hydroxylation sites is 1. The van der Waals surface area contributed by atoms with Crippen molar-refractivity contribution >= 4 is 76.4 Å². The van der Waals surface area contributed by atoms with Crippen LogP contribution in [0, 0.1) is 0 Å². The highest BCUT2D eigenvalue weighted by atomic mass is 35.5. The number of ether oxygens (including phenoxy) is 9. The first-order valence-electron chi connectivity index (χ1n) is 43.1. The molecule has 0 spiro atoms. The lowest BCUT2D eigenvalue weighted by Crippen LogP contribution is -2.65. The number of phenolic OH excluding ortho intramolecular Hbond substituents is 4. The number of fused-ring (bicyclic) bond motifs is 13. The summed E-state index contributed by atoms with van der Waals surface area (Å²) in [6.45, 7) is -0.0599. The zero-order chi connectivity index (χ0) is 96.1. The van der Waals surface area contributed by atoms with E-state index in [1.165, 1.54) is 36.4 Å². The number of rotatable bonds is 22. The van der Waals surface area contributed by atoms with Crippen LogP contribution in [-0.2, 0) is 68.5 Å². The van der Waals surface area contributed by atoms with E-state index in [4.69, 9.17) is 71.6 Å². The Labute approximate surface area is 772 Å². The molecular formula is C90H101Cl2N9O33. The molecule has 9 heterocycles. The van der Waals surface area contributed by atoms with Crippen LogP contribution >= 0.6 is 23.2 Å². The number of halogens is 2. The predicted octanol–water partition coefficient (Wildman–Crippen LogP) is 1.94. The number of carbonyl (C=O) groups is 9. The molecule has 0 aromatic heterocycles. The normalized spacial score (nSPS) is 28.6. The molecule has 4 unspecified atom stereocenters. The fraction of sp³-hybridized carbons (Fsp3) is 0.433. The van der Waals surface area contributed by atoms with E-state index in [1.54, 1.807) is 0 Å². The molecule has 9 aliphatic heterocycles. The minimum Gasteiger partial charge on any atom is -0.508 e. The van der Waals surface area contributed by atoms with E-state index in [1.807, 2.05) is 0 Å². The molecule has 16 rings (SSSR count). The van der Waals surface area contributed by atoms with Crippen LogP contribution in [0.4, 0.5) is 0 Å². The van der Waals surface area contributed by atoms with Gasteiger partial charge in [-0.25, -0.2) is 4.79 Å². The van der Waals surface area contributed by atoms with Gasteiger partial charge in [-0.15, -0.1) is 0 Å². The van der Waals surface area contributed by atoms with Gasteiger partial charge >= 0.3 is 5.97 Å². The van der Waals surface area contributed by atoms with E-state index >= 15 is 24.0 Å². The maximum atomic E-state index is 17.0. The standard InChI is InChI=1S/C90H101Cl2N9O33/c1-3-4-5-6-7-8-9-10-11-15-61(110)96-69-75(115)72(112)59(34-103)131-89(69)134-80-56-28-41-29-57(80)128-54-21-18-39(27-49(54)92)78(133-88-68(94-36(2)105)74(114)71(111)58(33-102)130-88)70-86(123)100-67(87(124)125)47-31-43(107)32-55(129-90-77(117)76(116)73(113)60(35-104)132-90)62(47)46-26-38(17-19-51(46)108)64(83(120)101-70)98-85(122)66(41)99-84(121)65-40-24-42(106)30-44(25-40)126-79-45(13-12-14-52(79)109)63(93)82(119)95-50(81(118)97-65)23-37-16-20-53(127-56)48(91)22-37/h12-14,16-22,24-32,50,58-60,63-78,88-90,102-104,106-109,111-117H,3-11,15,23,33-35,93H2,1-2H3,(H,94,105)(H,95,119)(H,96,110)(H,97,118)(H,98,122)(H,99,121)(H,100,123)(H,101,120)(H,124,125)/t50-,58-,59-,60+,63?,64?,65?,66+,67-,68-,69-,70?,71-,72+,73+,74-,75+,76+,77+,78-,88+,89-,90-/m1/s1. The predicted molar refractivity (Wildman–Crippen MR) is 462 cm³/mol. The number of carboxylic acid groups (broad SMARTS) is 1. The zero-order valence-corrected chi connectivity index (χ0v) is 73.1. The van der Waals surface area contributed by atoms with Gasteiger partial charge in [-0.3, -0.25) is 38.4 Å². The molecule has 42 nitrogen and oxygen atoms in total. The van der Waals surface area contributed by atoms with Gasteiger partial charge in [0.1, 0.15) is 156 Å². The number of aliphatic hydroxyl groups is 10. The number of carboxylic acids is 1. The average Bonchev–Trinajstić information content (AvgIpc) is 0.811. The summed E-state index contributed by atoms with van der Waals surface area (Å²) in [5.74, 6) is -19.8. The zero-order valence-electron chi connectivity index (χ0n) is 71.5. The number of aliphatic hydroxyl groups excluding tert-OH is 10. The van der Waals surface area contributed by atoms with Crippen LogP contribution in [0.25, 0.3) is 11.1 Å². The second kappa shape index (κ2) is 42.3. The van der Waals surface area contributed by atoms with Crippen molar-refractivity contribution in [1.82, 2.24) is 42.5 Å².